The van der Waals surface area contributed by atoms with Gasteiger partial charge in [-0.3, -0.25) is 4.79 Å². The van der Waals surface area contributed by atoms with Crippen molar-refractivity contribution < 1.29 is 19.1 Å². The van der Waals surface area contributed by atoms with E-state index in [9.17, 15) is 9.59 Å². The van der Waals surface area contributed by atoms with Gasteiger partial charge in [-0.1, -0.05) is 47.5 Å². The maximum Gasteiger partial charge on any atom is 0.319 e. The van der Waals surface area contributed by atoms with Crippen LogP contribution in [-0.4, -0.2) is 37.6 Å². The molecule has 0 saturated carbocycles. The Hall–Kier alpha value is -4.01. The fourth-order valence-corrected chi connectivity index (χ4v) is 4.35. The number of methoxy groups -OCH3 is 1. The molecule has 0 unspecified atom stereocenters. The Morgan fingerprint density at radius 2 is 1.82 bits per heavy atom. The highest BCUT2D eigenvalue weighted by Crippen LogP contribution is 2.35. The Bertz CT molecular complexity index is 1500. The number of aryl methyl sites for hydroxylation is 1. The molecule has 4 aromatic rings. The number of carbonyl (C=O) groups excluding carboxylic acids is 2. The summed E-state index contributed by atoms with van der Waals surface area (Å²) in [7, 11) is 3.11. The summed E-state index contributed by atoms with van der Waals surface area (Å²) in [5.74, 6) is 0.817. The van der Waals surface area contributed by atoms with E-state index in [0.717, 1.165) is 16.6 Å². The third-order valence-corrected chi connectivity index (χ3v) is 6.60. The molecule has 0 aliphatic carbocycles. The van der Waals surface area contributed by atoms with Crippen molar-refractivity contribution in [3.05, 3.63) is 88.0 Å². The molecular formula is C28H26Cl2N4O4. The molecule has 0 fully saturated rings. The molecule has 196 valence electrons. The van der Waals surface area contributed by atoms with Crippen molar-refractivity contribution >= 4 is 57.4 Å². The van der Waals surface area contributed by atoms with Crippen LogP contribution in [0.15, 0.2) is 66.7 Å². The molecule has 0 radical (unpaired) electrons. The van der Waals surface area contributed by atoms with E-state index in [1.807, 2.05) is 37.3 Å². The highest BCUT2D eigenvalue weighted by atomic mass is 35.5. The number of nitrogens with zero attached hydrogens (tertiary/aromatic N) is 2. The fourth-order valence-electron chi connectivity index (χ4n) is 3.75. The number of likely N-dealkylation sites (N-methyl/N-ethyl adjacent to an activating group) is 1. The van der Waals surface area contributed by atoms with Gasteiger partial charge in [0.25, 0.3) is 0 Å². The number of para-hydroxylation sites is 1. The molecule has 1 heterocycles. The Morgan fingerprint density at radius 3 is 2.61 bits per heavy atom. The zero-order valence-electron chi connectivity index (χ0n) is 21.0. The Labute approximate surface area is 230 Å². The van der Waals surface area contributed by atoms with E-state index in [1.165, 1.54) is 12.0 Å². The second-order valence-corrected chi connectivity index (χ2v) is 9.21. The normalized spacial score (nSPS) is 10.7. The van der Waals surface area contributed by atoms with Gasteiger partial charge in [-0.05, 0) is 43.3 Å². The lowest BCUT2D eigenvalue weighted by atomic mass is 10.1. The Balaban J connectivity index is 1.43. The highest BCUT2D eigenvalue weighted by molar-refractivity contribution is 6.38. The molecule has 8 nitrogen and oxygen atoms in total. The second kappa shape index (κ2) is 12.0. The first kappa shape index (κ1) is 27.0. The van der Waals surface area contributed by atoms with Crippen LogP contribution in [0.1, 0.15) is 11.3 Å². The number of pyridine rings is 1. The number of carbonyl (C=O) groups is 2. The number of rotatable bonds is 8. The number of anilines is 2. The molecule has 0 aliphatic rings. The summed E-state index contributed by atoms with van der Waals surface area (Å²) in [5.41, 5.74) is 3.10. The lowest BCUT2D eigenvalue weighted by molar-refractivity contribution is -0.117. The Kier molecular flexibility index (Phi) is 8.55. The molecule has 0 atom stereocenters. The summed E-state index contributed by atoms with van der Waals surface area (Å²) in [4.78, 5) is 31.1. The number of benzene rings is 3. The average molecular weight is 553 g/mol. The lowest BCUT2D eigenvalue weighted by Gasteiger charge is -2.21. The predicted octanol–water partition coefficient (Wildman–Crippen LogP) is 6.22. The zero-order valence-corrected chi connectivity index (χ0v) is 22.6. The maximum atomic E-state index is 12.8. The fraction of sp³-hybridized carbons (Fsp3) is 0.179. The number of urea groups is 1. The van der Waals surface area contributed by atoms with Crippen molar-refractivity contribution in [2.24, 2.45) is 0 Å². The summed E-state index contributed by atoms with van der Waals surface area (Å²) in [5, 5.41) is 6.84. The van der Waals surface area contributed by atoms with Gasteiger partial charge in [-0.25, -0.2) is 9.78 Å². The van der Waals surface area contributed by atoms with E-state index >= 15 is 0 Å². The van der Waals surface area contributed by atoms with E-state index in [2.05, 4.69) is 15.6 Å². The van der Waals surface area contributed by atoms with Gasteiger partial charge in [-0.2, -0.15) is 0 Å². The van der Waals surface area contributed by atoms with E-state index in [0.29, 0.717) is 33.5 Å². The van der Waals surface area contributed by atoms with E-state index in [-0.39, 0.29) is 24.1 Å². The monoisotopic (exact) mass is 552 g/mol. The van der Waals surface area contributed by atoms with Gasteiger partial charge in [0, 0.05) is 40.5 Å². The molecule has 3 amide bonds. The molecule has 3 aromatic carbocycles. The predicted molar refractivity (Wildman–Crippen MR) is 151 cm³/mol. The molecular weight excluding hydrogens is 527 g/mol. The van der Waals surface area contributed by atoms with Crippen LogP contribution in [0.3, 0.4) is 0 Å². The summed E-state index contributed by atoms with van der Waals surface area (Å²) in [6.07, 6.45) is 0. The van der Waals surface area contributed by atoms with Gasteiger partial charge in [0.05, 0.1) is 24.4 Å². The first-order valence-electron chi connectivity index (χ1n) is 11.7. The lowest BCUT2D eigenvalue weighted by Crippen LogP contribution is -2.40. The maximum absolute atomic E-state index is 12.8. The summed E-state index contributed by atoms with van der Waals surface area (Å²) in [6, 6.07) is 19.2. The molecule has 0 aliphatic heterocycles. The number of amides is 3. The first-order chi connectivity index (χ1) is 18.3. The van der Waals surface area contributed by atoms with Gasteiger partial charge in [0.1, 0.15) is 23.6 Å². The summed E-state index contributed by atoms with van der Waals surface area (Å²) >= 11 is 13.1. The molecule has 1 aromatic heterocycles. The summed E-state index contributed by atoms with van der Waals surface area (Å²) < 4.78 is 11.2. The Morgan fingerprint density at radius 1 is 1.03 bits per heavy atom. The van der Waals surface area contributed by atoms with E-state index in [1.54, 1.807) is 43.4 Å². The van der Waals surface area contributed by atoms with Crippen LogP contribution in [-0.2, 0) is 11.4 Å². The first-order valence-corrected chi connectivity index (χ1v) is 12.4. The van der Waals surface area contributed by atoms with Crippen molar-refractivity contribution in [2.45, 2.75) is 13.5 Å². The minimum atomic E-state index is -0.532. The minimum Gasteiger partial charge on any atom is -0.497 e. The topological polar surface area (TPSA) is 92.8 Å². The quantitative estimate of drug-likeness (QED) is 0.270. The van der Waals surface area contributed by atoms with Crippen LogP contribution in [0.25, 0.3) is 10.9 Å². The number of ether oxygens (including phenoxy) is 2. The van der Waals surface area contributed by atoms with Gasteiger partial charge in [0.2, 0.25) is 5.91 Å². The molecule has 0 saturated heterocycles. The van der Waals surface area contributed by atoms with Crippen molar-refractivity contribution in [1.29, 1.82) is 0 Å². The van der Waals surface area contributed by atoms with Gasteiger partial charge in [0.15, 0.2) is 0 Å². The van der Waals surface area contributed by atoms with Crippen molar-refractivity contribution in [1.82, 2.24) is 10.3 Å². The largest absolute Gasteiger partial charge is 0.497 e. The number of fused-ring (bicyclic) bond motifs is 1. The second-order valence-electron chi connectivity index (χ2n) is 8.42. The molecule has 0 spiro atoms. The van der Waals surface area contributed by atoms with Gasteiger partial charge >= 0.3 is 6.03 Å². The number of hydrogen-bond acceptors (Lipinski definition) is 5. The molecule has 38 heavy (non-hydrogen) atoms. The minimum absolute atomic E-state index is 0.0729. The number of hydrogen-bond donors (Lipinski definition) is 2. The smallest absolute Gasteiger partial charge is 0.319 e. The number of nitrogens with one attached hydrogen (secondary N) is 2. The molecule has 4 rings (SSSR count). The van der Waals surface area contributed by atoms with Crippen molar-refractivity contribution in [2.75, 3.05) is 30.9 Å². The van der Waals surface area contributed by atoms with Crippen molar-refractivity contribution in [3.8, 4) is 11.5 Å². The van der Waals surface area contributed by atoms with Crippen LogP contribution >= 0.6 is 23.2 Å². The molecule has 0 bridgehead atoms. The van der Waals surface area contributed by atoms with Crippen LogP contribution in [0.2, 0.25) is 10.0 Å². The van der Waals surface area contributed by atoms with Crippen LogP contribution < -0.4 is 25.0 Å². The average Bonchev–Trinajstić information content (AvgIpc) is 2.91. The zero-order chi connectivity index (χ0) is 27.2. The SMILES string of the molecule is COc1cccc(NC(=O)NCC(=O)N(C)c2ccc(Cl)c(COc3cccc4ccc(C)nc34)c2Cl)c1. The molecule has 2 N–H and O–H groups in total. The highest BCUT2D eigenvalue weighted by Gasteiger charge is 2.19. The van der Waals surface area contributed by atoms with Crippen LogP contribution in [0.4, 0.5) is 16.2 Å². The third kappa shape index (κ3) is 6.27. The van der Waals surface area contributed by atoms with Crippen molar-refractivity contribution in [3.63, 3.8) is 0 Å². The summed E-state index contributed by atoms with van der Waals surface area (Å²) in [6.45, 7) is 1.74. The van der Waals surface area contributed by atoms with Crippen LogP contribution in [0, 0.1) is 6.92 Å². The van der Waals surface area contributed by atoms with Gasteiger partial charge in [-0.15, -0.1) is 0 Å². The van der Waals surface area contributed by atoms with E-state index < -0.39 is 6.03 Å². The van der Waals surface area contributed by atoms with E-state index in [4.69, 9.17) is 32.7 Å². The third-order valence-electron chi connectivity index (χ3n) is 5.82. The van der Waals surface area contributed by atoms with Crippen LogP contribution in [0.5, 0.6) is 11.5 Å². The molecule has 10 heteroatoms. The number of aromatic nitrogens is 1. The standard InChI is InChI=1S/C28H26Cl2N4O4/c1-17-10-11-18-6-4-9-24(27(18)32-17)38-16-21-22(29)12-13-23(26(21)30)34(2)25(35)15-31-28(36)33-19-7-5-8-20(14-19)37-3/h4-14H,15-16H2,1-3H3,(H2,31,33,36). The number of halogens is 2. The van der Waals surface area contributed by atoms with Gasteiger partial charge < -0.3 is 25.0 Å².